The molecule has 0 aliphatic rings. The van der Waals surface area contributed by atoms with Crippen molar-refractivity contribution in [1.82, 2.24) is 0 Å². The Morgan fingerprint density at radius 1 is 0.920 bits per heavy atom. The molecule has 0 heterocycles. The van der Waals surface area contributed by atoms with E-state index in [1.165, 1.54) is 0 Å². The zero-order valence-corrected chi connectivity index (χ0v) is 14.7. The first kappa shape index (κ1) is 18.3. The lowest BCUT2D eigenvalue weighted by Gasteiger charge is -2.14. The van der Waals surface area contributed by atoms with E-state index in [0.29, 0.717) is 22.8 Å². The Bertz CT molecular complexity index is 750. The second-order valence-corrected chi connectivity index (χ2v) is 5.49. The molecule has 25 heavy (non-hydrogen) atoms. The summed E-state index contributed by atoms with van der Waals surface area (Å²) in [6, 6.07) is 13.1. The van der Waals surface area contributed by atoms with Gasteiger partial charge < -0.3 is 14.2 Å². The number of rotatable bonds is 8. The number of ether oxygens (including phenoxy) is 3. The Hall–Kier alpha value is -3.00. The Morgan fingerprint density at radius 3 is 1.96 bits per heavy atom. The summed E-state index contributed by atoms with van der Waals surface area (Å²) in [4.78, 5) is 11.7. The molecule has 0 saturated heterocycles. The topological polar surface area (TPSA) is 68.6 Å². The second-order valence-electron chi connectivity index (χ2n) is 5.49. The van der Waals surface area contributed by atoms with Gasteiger partial charge in [0.15, 0.2) is 17.3 Å². The molecule has 0 bridgehead atoms. The molecule has 2 aromatic rings. The van der Waals surface area contributed by atoms with Crippen molar-refractivity contribution in [3.63, 3.8) is 0 Å². The number of hydrogen-bond acceptors (Lipinski definition) is 5. The van der Waals surface area contributed by atoms with Crippen LogP contribution in [0.4, 0.5) is 0 Å². The third-order valence-corrected chi connectivity index (χ3v) is 3.94. The van der Waals surface area contributed by atoms with Crippen molar-refractivity contribution in [2.24, 2.45) is 0 Å². The van der Waals surface area contributed by atoms with Gasteiger partial charge in [0.05, 0.1) is 33.8 Å². The minimum Gasteiger partial charge on any atom is -0.493 e. The van der Waals surface area contributed by atoms with Crippen LogP contribution < -0.4 is 14.2 Å². The Kier molecular flexibility index (Phi) is 6.41. The number of nitrogens with zero attached hydrogens (tertiary/aromatic N) is 1. The molecular formula is C20H21NO4. The molecule has 0 aliphatic heterocycles. The van der Waals surface area contributed by atoms with Gasteiger partial charge in [-0.05, 0) is 36.1 Å². The lowest BCUT2D eigenvalue weighted by atomic mass is 10.0. The summed E-state index contributed by atoms with van der Waals surface area (Å²) >= 11 is 0. The monoisotopic (exact) mass is 339 g/mol. The smallest absolute Gasteiger partial charge is 0.203 e. The molecular weight excluding hydrogens is 318 g/mol. The number of Topliss-reactive ketones (excluding diaryl/α,β-unsaturated/α-hetero) is 1. The van der Waals surface area contributed by atoms with Crippen LogP contribution in [0.3, 0.4) is 0 Å². The van der Waals surface area contributed by atoms with E-state index in [4.69, 9.17) is 19.5 Å². The van der Waals surface area contributed by atoms with E-state index < -0.39 is 0 Å². The molecule has 0 atom stereocenters. The Morgan fingerprint density at radius 2 is 1.48 bits per heavy atom. The fourth-order valence-corrected chi connectivity index (χ4v) is 2.60. The maximum atomic E-state index is 11.7. The van der Waals surface area contributed by atoms with E-state index >= 15 is 0 Å². The molecule has 0 amide bonds. The number of carbonyl (C=O) groups excluding carboxylic acids is 1. The minimum absolute atomic E-state index is 0.0925. The van der Waals surface area contributed by atoms with Crippen molar-refractivity contribution < 1.29 is 19.0 Å². The molecule has 0 unspecified atom stereocenters. The van der Waals surface area contributed by atoms with Crippen LogP contribution in [0.2, 0.25) is 0 Å². The number of hydrogen-bond donors (Lipinski definition) is 0. The van der Waals surface area contributed by atoms with E-state index in [-0.39, 0.29) is 12.2 Å². The molecule has 5 nitrogen and oxygen atoms in total. The van der Waals surface area contributed by atoms with Crippen LogP contribution in [0, 0.1) is 11.3 Å². The van der Waals surface area contributed by atoms with Gasteiger partial charge in [0.2, 0.25) is 5.75 Å². The fourth-order valence-electron chi connectivity index (χ4n) is 2.60. The van der Waals surface area contributed by atoms with Crippen LogP contribution in [0.1, 0.15) is 27.9 Å². The summed E-state index contributed by atoms with van der Waals surface area (Å²) in [5.41, 5.74) is 2.75. The number of carbonyl (C=O) groups is 1. The summed E-state index contributed by atoms with van der Waals surface area (Å²) < 4.78 is 16.1. The highest BCUT2D eigenvalue weighted by Crippen LogP contribution is 2.38. The largest absolute Gasteiger partial charge is 0.493 e. The van der Waals surface area contributed by atoms with Crippen molar-refractivity contribution in [1.29, 1.82) is 5.26 Å². The van der Waals surface area contributed by atoms with E-state index in [2.05, 4.69) is 0 Å². The van der Waals surface area contributed by atoms with Crippen molar-refractivity contribution in [3.8, 4) is 23.3 Å². The van der Waals surface area contributed by atoms with Crippen molar-refractivity contribution in [3.05, 3.63) is 53.1 Å². The maximum absolute atomic E-state index is 11.7. The molecule has 0 saturated carbocycles. The minimum atomic E-state index is -0.154. The summed E-state index contributed by atoms with van der Waals surface area (Å²) in [6.07, 6.45) is 1.51. The molecule has 0 radical (unpaired) electrons. The molecule has 0 spiro atoms. The Balaban J connectivity index is 2.11. The highest BCUT2D eigenvalue weighted by Gasteiger charge is 2.13. The average Bonchev–Trinajstić information content (AvgIpc) is 2.65. The highest BCUT2D eigenvalue weighted by molar-refractivity contribution is 5.97. The van der Waals surface area contributed by atoms with Crippen LogP contribution in [-0.4, -0.2) is 27.1 Å². The van der Waals surface area contributed by atoms with E-state index in [0.717, 1.165) is 24.0 Å². The van der Waals surface area contributed by atoms with Gasteiger partial charge in [-0.15, -0.1) is 0 Å². The average molecular weight is 339 g/mol. The lowest BCUT2D eigenvalue weighted by molar-refractivity contribution is 0.0997. The van der Waals surface area contributed by atoms with Crippen LogP contribution in [-0.2, 0) is 12.8 Å². The first-order valence-corrected chi connectivity index (χ1v) is 7.91. The normalized spacial score (nSPS) is 10.0. The van der Waals surface area contributed by atoms with E-state index in [9.17, 15) is 4.79 Å². The SMILES string of the molecule is COc1cc(CCc2ccc(C(=O)CC#N)cc2)cc(OC)c1OC. The number of aryl methyl sites for hydroxylation is 2. The first-order chi connectivity index (χ1) is 12.1. The molecule has 130 valence electrons. The standard InChI is InChI=1S/C20H21NO4/c1-23-18-12-15(13-19(24-2)20(18)25-3)5-4-14-6-8-16(9-7-14)17(22)10-11-21/h6-9,12-13H,4-5,10H2,1-3H3. The van der Waals surface area contributed by atoms with Gasteiger partial charge in [-0.1, -0.05) is 24.3 Å². The predicted molar refractivity (Wildman–Crippen MR) is 94.5 cm³/mol. The summed E-state index contributed by atoms with van der Waals surface area (Å²) in [7, 11) is 4.77. The Labute approximate surface area is 147 Å². The van der Waals surface area contributed by atoms with Crippen molar-refractivity contribution in [2.45, 2.75) is 19.3 Å². The zero-order valence-electron chi connectivity index (χ0n) is 14.7. The zero-order chi connectivity index (χ0) is 18.2. The number of nitriles is 1. The quantitative estimate of drug-likeness (QED) is 0.688. The predicted octanol–water partition coefficient (Wildman–Crippen LogP) is 3.59. The molecule has 0 aliphatic carbocycles. The second kappa shape index (κ2) is 8.74. The van der Waals surface area contributed by atoms with Gasteiger partial charge in [-0.2, -0.15) is 5.26 Å². The van der Waals surface area contributed by atoms with Gasteiger partial charge >= 0.3 is 0 Å². The van der Waals surface area contributed by atoms with Crippen LogP contribution in [0.15, 0.2) is 36.4 Å². The van der Waals surface area contributed by atoms with Gasteiger partial charge in [0, 0.05) is 5.56 Å². The van der Waals surface area contributed by atoms with Crippen molar-refractivity contribution in [2.75, 3.05) is 21.3 Å². The summed E-state index contributed by atoms with van der Waals surface area (Å²) in [5.74, 6) is 1.69. The van der Waals surface area contributed by atoms with Gasteiger partial charge in [0.1, 0.15) is 0 Å². The molecule has 2 aromatic carbocycles. The van der Waals surface area contributed by atoms with E-state index in [1.54, 1.807) is 33.5 Å². The fraction of sp³-hybridized carbons (Fsp3) is 0.300. The van der Waals surface area contributed by atoms with Gasteiger partial charge in [-0.25, -0.2) is 0 Å². The molecule has 0 fully saturated rings. The molecule has 0 N–H and O–H groups in total. The maximum Gasteiger partial charge on any atom is 0.203 e. The van der Waals surface area contributed by atoms with Gasteiger partial charge in [0.25, 0.3) is 0 Å². The van der Waals surface area contributed by atoms with Crippen LogP contribution >= 0.6 is 0 Å². The first-order valence-electron chi connectivity index (χ1n) is 7.91. The highest BCUT2D eigenvalue weighted by atomic mass is 16.5. The third kappa shape index (κ3) is 4.51. The number of benzene rings is 2. The van der Waals surface area contributed by atoms with E-state index in [1.807, 2.05) is 30.3 Å². The number of ketones is 1. The summed E-state index contributed by atoms with van der Waals surface area (Å²) in [5, 5.41) is 8.59. The summed E-state index contributed by atoms with van der Waals surface area (Å²) in [6.45, 7) is 0. The van der Waals surface area contributed by atoms with Crippen molar-refractivity contribution >= 4 is 5.78 Å². The number of methoxy groups -OCH3 is 3. The molecule has 5 heteroatoms. The lowest BCUT2D eigenvalue weighted by Crippen LogP contribution is -1.99. The van der Waals surface area contributed by atoms with Gasteiger partial charge in [-0.3, -0.25) is 4.79 Å². The van der Waals surface area contributed by atoms with Crippen LogP contribution in [0.25, 0.3) is 0 Å². The molecule has 2 rings (SSSR count). The third-order valence-electron chi connectivity index (χ3n) is 3.94. The van der Waals surface area contributed by atoms with Crippen LogP contribution in [0.5, 0.6) is 17.2 Å². The molecule has 0 aromatic heterocycles.